The number of rotatable bonds is 5. The highest BCUT2D eigenvalue weighted by atomic mass is 16.7. The fraction of sp³-hybridized carbons (Fsp3) is 0.500. The van der Waals surface area contributed by atoms with Crippen molar-refractivity contribution in [2.75, 3.05) is 19.9 Å². The second kappa shape index (κ2) is 7.53. The zero-order chi connectivity index (χ0) is 18.8. The maximum absolute atomic E-state index is 12.4. The molecule has 144 valence electrons. The highest BCUT2D eigenvalue weighted by molar-refractivity contribution is 5.79. The van der Waals surface area contributed by atoms with Crippen LogP contribution in [0, 0.1) is 6.92 Å². The lowest BCUT2D eigenvalue weighted by molar-refractivity contribution is -0.122. The Kier molecular flexibility index (Phi) is 4.95. The van der Waals surface area contributed by atoms with E-state index in [2.05, 4.69) is 20.4 Å². The van der Waals surface area contributed by atoms with E-state index in [-0.39, 0.29) is 25.2 Å². The lowest BCUT2D eigenvalue weighted by atomic mass is 10.0. The Bertz CT molecular complexity index is 824. The number of hydrogen-bond acceptors (Lipinski definition) is 8. The van der Waals surface area contributed by atoms with E-state index in [0.717, 1.165) is 5.56 Å². The van der Waals surface area contributed by atoms with Crippen molar-refractivity contribution < 1.29 is 23.8 Å². The van der Waals surface area contributed by atoms with Gasteiger partial charge in [-0.1, -0.05) is 6.07 Å². The van der Waals surface area contributed by atoms with Gasteiger partial charge in [-0.15, -0.1) is 10.2 Å². The van der Waals surface area contributed by atoms with Gasteiger partial charge in [-0.3, -0.25) is 9.69 Å². The third kappa shape index (κ3) is 4.20. The zero-order valence-corrected chi connectivity index (χ0v) is 15.1. The van der Waals surface area contributed by atoms with E-state index in [4.69, 9.17) is 13.9 Å². The highest BCUT2D eigenvalue weighted by Crippen LogP contribution is 2.32. The molecule has 0 radical (unpaired) electrons. The number of piperidine rings is 1. The highest BCUT2D eigenvalue weighted by Gasteiger charge is 2.29. The number of nitrogens with one attached hydrogen (secondary N) is 1. The van der Waals surface area contributed by atoms with Crippen LogP contribution in [-0.2, 0) is 17.8 Å². The Morgan fingerprint density at radius 3 is 3.00 bits per heavy atom. The maximum atomic E-state index is 12.4. The van der Waals surface area contributed by atoms with Gasteiger partial charge >= 0.3 is 0 Å². The van der Waals surface area contributed by atoms with Crippen LogP contribution in [-0.4, -0.2) is 58.1 Å². The number of aliphatic hydroxyl groups excluding tert-OH is 1. The molecule has 0 bridgehead atoms. The summed E-state index contributed by atoms with van der Waals surface area (Å²) in [6.07, 6.45) is 0.205. The first-order chi connectivity index (χ1) is 13.1. The van der Waals surface area contributed by atoms with Crippen LogP contribution in [0.15, 0.2) is 22.6 Å². The number of likely N-dealkylation sites (tertiary alicyclic amines) is 1. The summed E-state index contributed by atoms with van der Waals surface area (Å²) in [6, 6.07) is 5.11. The van der Waals surface area contributed by atoms with Gasteiger partial charge in [0.05, 0.1) is 25.1 Å². The lowest BCUT2D eigenvalue weighted by Crippen LogP contribution is -2.55. The summed E-state index contributed by atoms with van der Waals surface area (Å²) in [5, 5.41) is 21.0. The summed E-state index contributed by atoms with van der Waals surface area (Å²) in [6.45, 7) is 3.68. The standard InChI is InChI=1S/C18H22N4O5/c1-11-20-21-18(27-11)9-22-5-4-14(23)13(8-22)19-17(24)7-12-2-3-15-16(6-12)26-10-25-15/h2-3,6,13-14,23H,4-5,7-10H2,1H3,(H,19,24)/t13-,14-/m1/s1. The first kappa shape index (κ1) is 17.7. The maximum Gasteiger partial charge on any atom is 0.231 e. The second-order valence-corrected chi connectivity index (χ2v) is 6.84. The molecule has 1 aromatic carbocycles. The van der Waals surface area contributed by atoms with E-state index in [1.165, 1.54) is 0 Å². The smallest absolute Gasteiger partial charge is 0.231 e. The molecule has 0 aliphatic carbocycles. The summed E-state index contributed by atoms with van der Waals surface area (Å²) in [7, 11) is 0. The molecule has 4 rings (SSSR count). The van der Waals surface area contributed by atoms with Gasteiger partial charge < -0.3 is 24.3 Å². The normalized spacial score (nSPS) is 22.0. The van der Waals surface area contributed by atoms with Gasteiger partial charge in [0.1, 0.15) is 0 Å². The Labute approximate surface area is 156 Å². The van der Waals surface area contributed by atoms with Gasteiger partial charge in [-0.2, -0.15) is 0 Å². The van der Waals surface area contributed by atoms with Gasteiger partial charge in [0, 0.05) is 20.0 Å². The summed E-state index contributed by atoms with van der Waals surface area (Å²) in [4.78, 5) is 14.5. The molecule has 0 saturated carbocycles. The van der Waals surface area contributed by atoms with Crippen LogP contribution < -0.4 is 14.8 Å². The van der Waals surface area contributed by atoms with Crippen LogP contribution in [0.2, 0.25) is 0 Å². The number of carbonyl (C=O) groups is 1. The number of benzene rings is 1. The van der Waals surface area contributed by atoms with Gasteiger partial charge in [-0.25, -0.2) is 0 Å². The second-order valence-electron chi connectivity index (χ2n) is 6.84. The summed E-state index contributed by atoms with van der Waals surface area (Å²) in [5.74, 6) is 2.26. The van der Waals surface area contributed by atoms with Crippen molar-refractivity contribution in [2.45, 2.75) is 38.5 Å². The third-order valence-corrected chi connectivity index (χ3v) is 4.74. The molecule has 3 heterocycles. The molecule has 2 aromatic rings. The van der Waals surface area contributed by atoms with E-state index < -0.39 is 6.10 Å². The molecule has 27 heavy (non-hydrogen) atoms. The molecule has 1 amide bonds. The molecule has 2 aliphatic rings. The van der Waals surface area contributed by atoms with Crippen molar-refractivity contribution in [2.24, 2.45) is 0 Å². The van der Waals surface area contributed by atoms with Crippen LogP contribution in [0.25, 0.3) is 0 Å². The number of fused-ring (bicyclic) bond motifs is 1. The van der Waals surface area contributed by atoms with Crippen LogP contribution >= 0.6 is 0 Å². The van der Waals surface area contributed by atoms with Crippen molar-refractivity contribution in [3.63, 3.8) is 0 Å². The van der Waals surface area contributed by atoms with E-state index in [1.807, 2.05) is 12.1 Å². The van der Waals surface area contributed by atoms with E-state index in [9.17, 15) is 9.90 Å². The first-order valence-electron chi connectivity index (χ1n) is 8.94. The van der Waals surface area contributed by atoms with E-state index in [1.54, 1.807) is 13.0 Å². The monoisotopic (exact) mass is 374 g/mol. The summed E-state index contributed by atoms with van der Waals surface area (Å²) < 4.78 is 16.0. The van der Waals surface area contributed by atoms with Crippen LogP contribution in [0.5, 0.6) is 11.5 Å². The minimum absolute atomic E-state index is 0.145. The van der Waals surface area contributed by atoms with Gasteiger partial charge in [-0.05, 0) is 24.1 Å². The topological polar surface area (TPSA) is 110 Å². The van der Waals surface area contributed by atoms with Gasteiger partial charge in [0.2, 0.25) is 24.5 Å². The SMILES string of the molecule is Cc1nnc(CN2CC[C@@H](O)[C@H](NC(=O)Cc3ccc4c(c3)OCO4)C2)o1. The number of aryl methyl sites for hydroxylation is 1. The van der Waals surface area contributed by atoms with E-state index in [0.29, 0.717) is 49.3 Å². The molecule has 1 aromatic heterocycles. The third-order valence-electron chi connectivity index (χ3n) is 4.74. The van der Waals surface area contributed by atoms with Crippen molar-refractivity contribution in [1.29, 1.82) is 0 Å². The molecular formula is C18H22N4O5. The van der Waals surface area contributed by atoms with Gasteiger partial charge in [0.15, 0.2) is 11.5 Å². The minimum atomic E-state index is -0.577. The number of amides is 1. The molecule has 2 atom stereocenters. The number of aromatic nitrogens is 2. The van der Waals surface area contributed by atoms with Crippen LogP contribution in [0.3, 0.4) is 0 Å². The van der Waals surface area contributed by atoms with E-state index >= 15 is 0 Å². The zero-order valence-electron chi connectivity index (χ0n) is 15.1. The quantitative estimate of drug-likeness (QED) is 0.774. The fourth-order valence-electron chi connectivity index (χ4n) is 3.38. The predicted molar refractivity (Wildman–Crippen MR) is 93.1 cm³/mol. The van der Waals surface area contributed by atoms with Crippen molar-refractivity contribution in [1.82, 2.24) is 20.4 Å². The fourth-order valence-corrected chi connectivity index (χ4v) is 3.38. The average Bonchev–Trinajstić information content (AvgIpc) is 3.26. The molecule has 1 fully saturated rings. The minimum Gasteiger partial charge on any atom is -0.454 e. The number of hydrogen-bond donors (Lipinski definition) is 2. The average molecular weight is 374 g/mol. The lowest BCUT2D eigenvalue weighted by Gasteiger charge is -2.35. The van der Waals surface area contributed by atoms with Crippen molar-refractivity contribution in [3.05, 3.63) is 35.5 Å². The summed E-state index contributed by atoms with van der Waals surface area (Å²) in [5.41, 5.74) is 0.834. The molecule has 1 saturated heterocycles. The Hall–Kier alpha value is -2.65. The number of carbonyl (C=O) groups excluding carboxylic acids is 1. The molecule has 9 nitrogen and oxygen atoms in total. The van der Waals surface area contributed by atoms with Crippen LogP contribution in [0.1, 0.15) is 23.8 Å². The Morgan fingerprint density at radius 2 is 2.19 bits per heavy atom. The van der Waals surface area contributed by atoms with Crippen LogP contribution in [0.4, 0.5) is 0 Å². The largest absolute Gasteiger partial charge is 0.454 e. The molecule has 9 heteroatoms. The Balaban J connectivity index is 1.33. The number of nitrogens with zero attached hydrogens (tertiary/aromatic N) is 3. The summed E-state index contributed by atoms with van der Waals surface area (Å²) >= 11 is 0. The number of ether oxygens (including phenoxy) is 2. The molecule has 2 aliphatic heterocycles. The molecule has 2 N–H and O–H groups in total. The number of aliphatic hydroxyl groups is 1. The van der Waals surface area contributed by atoms with Crippen molar-refractivity contribution in [3.8, 4) is 11.5 Å². The van der Waals surface area contributed by atoms with Gasteiger partial charge in [0.25, 0.3) is 0 Å². The molecule has 0 unspecified atom stereocenters. The first-order valence-corrected chi connectivity index (χ1v) is 8.94. The molecular weight excluding hydrogens is 352 g/mol. The predicted octanol–water partition coefficient (Wildman–Crippen LogP) is 0.401. The Morgan fingerprint density at radius 1 is 1.33 bits per heavy atom. The molecule has 0 spiro atoms. The van der Waals surface area contributed by atoms with Crippen molar-refractivity contribution >= 4 is 5.91 Å².